The molecule has 0 bridgehead atoms. The molecule has 6 heteroatoms. The first-order chi connectivity index (χ1) is 8.70. The van der Waals surface area contributed by atoms with Crippen LogP contribution in [0, 0.1) is 0 Å². The van der Waals surface area contributed by atoms with Crippen molar-refractivity contribution >= 4 is 12.0 Å². The van der Waals surface area contributed by atoms with Crippen molar-refractivity contribution in [2.75, 3.05) is 31.6 Å². The zero-order valence-corrected chi connectivity index (χ0v) is 10.8. The Labute approximate surface area is 106 Å². The second kappa shape index (κ2) is 5.86. The van der Waals surface area contributed by atoms with Crippen molar-refractivity contribution in [3.05, 3.63) is 12.0 Å². The second-order valence-electron chi connectivity index (χ2n) is 4.41. The summed E-state index contributed by atoms with van der Waals surface area (Å²) in [5.74, 6) is -0.445. The van der Waals surface area contributed by atoms with Crippen LogP contribution in [0.2, 0.25) is 0 Å². The van der Waals surface area contributed by atoms with Crippen molar-refractivity contribution in [3.8, 4) is 0 Å². The maximum atomic E-state index is 11.4. The molecule has 1 aromatic heterocycles. The number of oxazole rings is 1. The van der Waals surface area contributed by atoms with Gasteiger partial charge >= 0.3 is 5.97 Å². The van der Waals surface area contributed by atoms with Gasteiger partial charge in [0.05, 0.1) is 6.61 Å². The number of nitrogens with one attached hydrogen (secondary N) is 1. The van der Waals surface area contributed by atoms with E-state index in [9.17, 15) is 4.79 Å². The summed E-state index contributed by atoms with van der Waals surface area (Å²) in [6.45, 7) is 3.99. The minimum atomic E-state index is -0.445. The zero-order chi connectivity index (χ0) is 13.0. The van der Waals surface area contributed by atoms with Crippen LogP contribution in [0.3, 0.4) is 0 Å². The van der Waals surface area contributed by atoms with Gasteiger partial charge < -0.3 is 19.4 Å². The van der Waals surface area contributed by atoms with Crippen molar-refractivity contribution < 1.29 is 13.9 Å². The van der Waals surface area contributed by atoms with Gasteiger partial charge in [0.15, 0.2) is 5.69 Å². The Morgan fingerprint density at radius 3 is 3.22 bits per heavy atom. The fraction of sp³-hybridized carbons (Fsp3) is 0.667. The van der Waals surface area contributed by atoms with E-state index < -0.39 is 5.97 Å². The third-order valence-corrected chi connectivity index (χ3v) is 2.96. The van der Waals surface area contributed by atoms with Gasteiger partial charge in [0.25, 0.3) is 6.01 Å². The molecule has 0 amide bonds. The van der Waals surface area contributed by atoms with Gasteiger partial charge in [-0.15, -0.1) is 0 Å². The monoisotopic (exact) mass is 253 g/mol. The fourth-order valence-corrected chi connectivity index (χ4v) is 2.06. The number of carbonyl (C=O) groups is 1. The van der Waals surface area contributed by atoms with E-state index in [1.807, 2.05) is 11.9 Å². The van der Waals surface area contributed by atoms with Crippen LogP contribution in [0.25, 0.3) is 0 Å². The first-order valence-corrected chi connectivity index (χ1v) is 6.28. The molecule has 1 aromatic rings. The molecule has 0 radical (unpaired) electrons. The Kier molecular flexibility index (Phi) is 4.19. The zero-order valence-electron chi connectivity index (χ0n) is 10.8. The summed E-state index contributed by atoms with van der Waals surface area (Å²) in [4.78, 5) is 17.5. The number of likely N-dealkylation sites (N-methyl/N-ethyl adjacent to an activating group) is 1. The summed E-state index contributed by atoms with van der Waals surface area (Å²) < 4.78 is 10.2. The highest BCUT2D eigenvalue weighted by molar-refractivity contribution is 5.87. The number of anilines is 1. The Morgan fingerprint density at radius 1 is 1.72 bits per heavy atom. The second-order valence-corrected chi connectivity index (χ2v) is 4.41. The van der Waals surface area contributed by atoms with E-state index in [4.69, 9.17) is 9.15 Å². The lowest BCUT2D eigenvalue weighted by Gasteiger charge is -2.19. The average molecular weight is 253 g/mol. The largest absolute Gasteiger partial charge is 0.461 e. The lowest BCUT2D eigenvalue weighted by Crippen LogP contribution is -2.35. The number of carbonyl (C=O) groups excluding carboxylic acids is 1. The van der Waals surface area contributed by atoms with Crippen molar-refractivity contribution in [1.82, 2.24) is 10.3 Å². The summed E-state index contributed by atoms with van der Waals surface area (Å²) in [5, 5.41) is 3.40. The number of esters is 1. The number of ether oxygens (including phenoxy) is 1. The number of rotatable bonds is 5. The molecule has 1 aliphatic rings. The molecule has 0 spiro atoms. The quantitative estimate of drug-likeness (QED) is 0.791. The highest BCUT2D eigenvalue weighted by Crippen LogP contribution is 2.15. The van der Waals surface area contributed by atoms with Gasteiger partial charge in [-0.2, -0.15) is 4.98 Å². The molecular weight excluding hydrogens is 234 g/mol. The van der Waals surface area contributed by atoms with E-state index in [0.717, 1.165) is 19.5 Å². The van der Waals surface area contributed by atoms with Gasteiger partial charge in [-0.25, -0.2) is 4.79 Å². The average Bonchev–Trinajstić information content (AvgIpc) is 2.99. The Bertz CT molecular complexity index is 399. The van der Waals surface area contributed by atoms with E-state index >= 15 is 0 Å². The molecule has 0 aromatic carbocycles. The summed E-state index contributed by atoms with van der Waals surface area (Å²) in [6.07, 6.45) is 3.71. The van der Waals surface area contributed by atoms with Gasteiger partial charge in [-0.1, -0.05) is 0 Å². The number of aromatic nitrogens is 1. The molecular formula is C12H19N3O3. The van der Waals surface area contributed by atoms with E-state index in [-0.39, 0.29) is 5.69 Å². The predicted octanol–water partition coefficient (Wildman–Crippen LogP) is 1.04. The van der Waals surface area contributed by atoms with Crippen LogP contribution in [-0.4, -0.2) is 43.7 Å². The Hall–Kier alpha value is -1.56. The van der Waals surface area contributed by atoms with Crippen molar-refractivity contribution in [2.24, 2.45) is 0 Å². The number of hydrogen-bond donors (Lipinski definition) is 1. The molecule has 1 unspecified atom stereocenters. The van der Waals surface area contributed by atoms with Crippen LogP contribution >= 0.6 is 0 Å². The van der Waals surface area contributed by atoms with Crippen LogP contribution in [0.15, 0.2) is 10.7 Å². The summed E-state index contributed by atoms with van der Waals surface area (Å²) in [7, 11) is 1.90. The van der Waals surface area contributed by atoms with Gasteiger partial charge in [-0.05, 0) is 26.3 Å². The molecule has 1 atom stereocenters. The van der Waals surface area contributed by atoms with Crippen LogP contribution in [0.4, 0.5) is 6.01 Å². The molecule has 1 fully saturated rings. The summed E-state index contributed by atoms with van der Waals surface area (Å²) >= 11 is 0. The standard InChI is InChI=1S/C12H19N3O3/c1-3-17-11(16)10-8-18-12(14-10)15(2)7-9-5-4-6-13-9/h8-9,13H,3-7H2,1-2H3. The van der Waals surface area contributed by atoms with E-state index in [1.54, 1.807) is 6.92 Å². The van der Waals surface area contributed by atoms with E-state index in [1.165, 1.54) is 12.7 Å². The van der Waals surface area contributed by atoms with Crippen molar-refractivity contribution in [1.29, 1.82) is 0 Å². The Morgan fingerprint density at radius 2 is 2.56 bits per heavy atom. The number of nitrogens with zero attached hydrogens (tertiary/aromatic N) is 2. The van der Waals surface area contributed by atoms with Crippen LogP contribution < -0.4 is 10.2 Å². The first kappa shape index (κ1) is 12.9. The minimum absolute atomic E-state index is 0.220. The van der Waals surface area contributed by atoms with Crippen LogP contribution in [0.5, 0.6) is 0 Å². The predicted molar refractivity (Wildman–Crippen MR) is 66.8 cm³/mol. The molecule has 6 nitrogen and oxygen atoms in total. The summed E-state index contributed by atoms with van der Waals surface area (Å²) in [6, 6.07) is 0.916. The maximum Gasteiger partial charge on any atom is 0.360 e. The topological polar surface area (TPSA) is 67.6 Å². The SMILES string of the molecule is CCOC(=O)c1coc(N(C)CC2CCCN2)n1. The van der Waals surface area contributed by atoms with Gasteiger partial charge in [0.1, 0.15) is 6.26 Å². The lowest BCUT2D eigenvalue weighted by molar-refractivity contribution is 0.0519. The summed E-state index contributed by atoms with van der Waals surface area (Å²) in [5.41, 5.74) is 0.220. The normalized spacial score (nSPS) is 18.9. The molecule has 1 N–H and O–H groups in total. The first-order valence-electron chi connectivity index (χ1n) is 6.28. The third kappa shape index (κ3) is 3.01. The molecule has 1 saturated heterocycles. The smallest absolute Gasteiger partial charge is 0.360 e. The fourth-order valence-electron chi connectivity index (χ4n) is 2.06. The molecule has 0 aliphatic carbocycles. The maximum absolute atomic E-state index is 11.4. The van der Waals surface area contributed by atoms with Gasteiger partial charge in [-0.3, -0.25) is 0 Å². The van der Waals surface area contributed by atoms with Crippen molar-refractivity contribution in [3.63, 3.8) is 0 Å². The molecule has 2 rings (SSSR count). The highest BCUT2D eigenvalue weighted by Gasteiger charge is 2.20. The van der Waals surface area contributed by atoms with Crippen LogP contribution in [0.1, 0.15) is 30.3 Å². The molecule has 0 saturated carbocycles. The van der Waals surface area contributed by atoms with Crippen molar-refractivity contribution in [2.45, 2.75) is 25.8 Å². The molecule has 18 heavy (non-hydrogen) atoms. The van der Waals surface area contributed by atoms with E-state index in [2.05, 4.69) is 10.3 Å². The molecule has 1 aliphatic heterocycles. The van der Waals surface area contributed by atoms with E-state index in [0.29, 0.717) is 18.7 Å². The number of hydrogen-bond acceptors (Lipinski definition) is 6. The molecule has 2 heterocycles. The minimum Gasteiger partial charge on any atom is -0.461 e. The van der Waals surface area contributed by atoms with Crippen LogP contribution in [-0.2, 0) is 4.74 Å². The lowest BCUT2D eigenvalue weighted by atomic mass is 10.2. The third-order valence-electron chi connectivity index (χ3n) is 2.96. The van der Waals surface area contributed by atoms with Gasteiger partial charge in [0, 0.05) is 19.6 Å². The molecule has 100 valence electrons. The Balaban J connectivity index is 1.93. The van der Waals surface area contributed by atoms with Gasteiger partial charge in [0.2, 0.25) is 0 Å². The highest BCUT2D eigenvalue weighted by atomic mass is 16.5.